The van der Waals surface area contributed by atoms with E-state index in [-0.39, 0.29) is 18.9 Å². The molecule has 0 spiro atoms. The maximum absolute atomic E-state index is 11.3. The summed E-state index contributed by atoms with van der Waals surface area (Å²) < 4.78 is 11.5. The van der Waals surface area contributed by atoms with Gasteiger partial charge in [-0.2, -0.15) is 0 Å². The molecule has 0 saturated heterocycles. The molecule has 0 aromatic heterocycles. The lowest BCUT2D eigenvalue weighted by atomic mass is 9.93. The zero-order chi connectivity index (χ0) is 17.0. The molecule has 1 unspecified atom stereocenters. The van der Waals surface area contributed by atoms with E-state index in [9.17, 15) is 9.59 Å². The number of benzene rings is 1. The Kier molecular flexibility index (Phi) is 4.83. The molecular weight excluding hydrogens is 310 g/mol. The van der Waals surface area contributed by atoms with Crippen LogP contribution in [0.25, 0.3) is 0 Å². The van der Waals surface area contributed by atoms with Gasteiger partial charge < -0.3 is 19.1 Å². The first-order valence-electron chi connectivity index (χ1n) is 8.20. The monoisotopic (exact) mass is 331 g/mol. The van der Waals surface area contributed by atoms with Crippen LogP contribution in [0, 0.1) is 0 Å². The minimum absolute atomic E-state index is 0.00884. The van der Waals surface area contributed by atoms with Crippen molar-refractivity contribution in [1.82, 2.24) is 0 Å². The van der Waals surface area contributed by atoms with Crippen molar-refractivity contribution in [2.24, 2.45) is 5.16 Å². The normalized spacial score (nSPS) is 23.5. The Hall–Kier alpha value is -2.37. The molecule has 1 aromatic carbocycles. The van der Waals surface area contributed by atoms with Gasteiger partial charge in [-0.05, 0) is 43.9 Å². The molecule has 0 amide bonds. The van der Waals surface area contributed by atoms with Gasteiger partial charge in [-0.3, -0.25) is 4.79 Å². The standard InChI is InChI=1S/C18H21NO5/c1-22-16-7-6-13(10-17(16)23-14-4-2-3-5-14)15-11-18(12-21,8-9-20)24-19-15/h6-7,9-10,12,14H,2-5,8,11H2,1H3. The van der Waals surface area contributed by atoms with Crippen molar-refractivity contribution in [2.75, 3.05) is 7.11 Å². The van der Waals surface area contributed by atoms with Crippen LogP contribution in [0.2, 0.25) is 0 Å². The van der Waals surface area contributed by atoms with E-state index in [0.717, 1.165) is 18.4 Å². The van der Waals surface area contributed by atoms with Crippen molar-refractivity contribution in [3.63, 3.8) is 0 Å². The van der Waals surface area contributed by atoms with Crippen LogP contribution in [0.1, 0.15) is 44.1 Å². The molecule has 0 radical (unpaired) electrons. The molecule has 1 fully saturated rings. The second kappa shape index (κ2) is 7.03. The summed E-state index contributed by atoms with van der Waals surface area (Å²) in [4.78, 5) is 27.3. The van der Waals surface area contributed by atoms with Crippen molar-refractivity contribution in [2.45, 2.75) is 50.2 Å². The van der Waals surface area contributed by atoms with Crippen LogP contribution in [0.5, 0.6) is 11.5 Å². The fraction of sp³-hybridized carbons (Fsp3) is 0.500. The average Bonchev–Trinajstić information content (AvgIpc) is 3.26. The maximum Gasteiger partial charge on any atom is 0.204 e. The largest absolute Gasteiger partial charge is 0.493 e. The number of carbonyl (C=O) groups is 2. The highest BCUT2D eigenvalue weighted by Gasteiger charge is 2.39. The molecule has 1 aliphatic heterocycles. The van der Waals surface area contributed by atoms with Gasteiger partial charge in [0.05, 0.1) is 25.3 Å². The lowest BCUT2D eigenvalue weighted by Crippen LogP contribution is -2.31. The molecule has 1 saturated carbocycles. The zero-order valence-corrected chi connectivity index (χ0v) is 13.7. The third-order valence-corrected chi connectivity index (χ3v) is 4.54. The van der Waals surface area contributed by atoms with Crippen molar-refractivity contribution < 1.29 is 23.9 Å². The average molecular weight is 331 g/mol. The van der Waals surface area contributed by atoms with Crippen LogP contribution in [0.3, 0.4) is 0 Å². The Morgan fingerprint density at radius 3 is 2.75 bits per heavy atom. The first-order chi connectivity index (χ1) is 11.7. The lowest BCUT2D eigenvalue weighted by Gasteiger charge is -2.17. The summed E-state index contributed by atoms with van der Waals surface area (Å²) >= 11 is 0. The molecule has 0 bridgehead atoms. The van der Waals surface area contributed by atoms with Crippen LogP contribution < -0.4 is 9.47 Å². The van der Waals surface area contributed by atoms with E-state index in [4.69, 9.17) is 14.3 Å². The van der Waals surface area contributed by atoms with E-state index < -0.39 is 5.60 Å². The summed E-state index contributed by atoms with van der Waals surface area (Å²) in [5.74, 6) is 1.34. The molecule has 2 aliphatic rings. The molecule has 1 heterocycles. The lowest BCUT2D eigenvalue weighted by molar-refractivity contribution is -0.132. The Bertz CT molecular complexity index is 651. The molecule has 3 rings (SSSR count). The quantitative estimate of drug-likeness (QED) is 0.718. The maximum atomic E-state index is 11.3. The molecule has 6 nitrogen and oxygen atoms in total. The summed E-state index contributed by atoms with van der Waals surface area (Å²) in [5.41, 5.74) is 0.255. The van der Waals surface area contributed by atoms with E-state index in [1.807, 2.05) is 18.2 Å². The molecule has 0 N–H and O–H groups in total. The van der Waals surface area contributed by atoms with Crippen LogP contribution in [0.15, 0.2) is 23.4 Å². The molecule has 1 aliphatic carbocycles. The van der Waals surface area contributed by atoms with Gasteiger partial charge in [0.25, 0.3) is 0 Å². The number of carbonyl (C=O) groups excluding carboxylic acids is 2. The zero-order valence-electron chi connectivity index (χ0n) is 13.7. The number of hydrogen-bond donors (Lipinski definition) is 0. The van der Waals surface area contributed by atoms with E-state index >= 15 is 0 Å². The third kappa shape index (κ3) is 3.27. The van der Waals surface area contributed by atoms with Gasteiger partial charge in [0.2, 0.25) is 5.60 Å². The first kappa shape index (κ1) is 16.5. The minimum atomic E-state index is -1.18. The molecule has 6 heteroatoms. The number of oxime groups is 1. The van der Waals surface area contributed by atoms with Crippen molar-refractivity contribution in [1.29, 1.82) is 0 Å². The summed E-state index contributed by atoms with van der Waals surface area (Å²) in [6.45, 7) is 0. The fourth-order valence-corrected chi connectivity index (χ4v) is 3.14. The number of rotatable bonds is 7. The summed E-state index contributed by atoms with van der Waals surface area (Å²) in [6, 6.07) is 5.54. The number of hydrogen-bond acceptors (Lipinski definition) is 6. The van der Waals surface area contributed by atoms with Crippen molar-refractivity contribution in [3.8, 4) is 11.5 Å². The van der Waals surface area contributed by atoms with Gasteiger partial charge in [0.1, 0.15) is 6.29 Å². The highest BCUT2D eigenvalue weighted by molar-refractivity contribution is 6.04. The van der Waals surface area contributed by atoms with Gasteiger partial charge in [-0.1, -0.05) is 5.16 Å². The molecule has 1 atom stereocenters. The number of aldehydes is 2. The Morgan fingerprint density at radius 2 is 2.08 bits per heavy atom. The Labute approximate surface area is 140 Å². The van der Waals surface area contributed by atoms with Crippen LogP contribution in [-0.4, -0.2) is 37.1 Å². The molecule has 128 valence electrons. The van der Waals surface area contributed by atoms with Gasteiger partial charge >= 0.3 is 0 Å². The van der Waals surface area contributed by atoms with E-state index in [0.29, 0.717) is 29.8 Å². The number of methoxy groups -OCH3 is 1. The van der Waals surface area contributed by atoms with Crippen LogP contribution in [0.4, 0.5) is 0 Å². The molecule has 1 aromatic rings. The van der Waals surface area contributed by atoms with Crippen molar-refractivity contribution >= 4 is 18.3 Å². The minimum Gasteiger partial charge on any atom is -0.493 e. The topological polar surface area (TPSA) is 74.2 Å². The van der Waals surface area contributed by atoms with Crippen LogP contribution >= 0.6 is 0 Å². The summed E-state index contributed by atoms with van der Waals surface area (Å²) in [6.07, 6.45) is 6.25. The van der Waals surface area contributed by atoms with Gasteiger partial charge in [-0.25, -0.2) is 0 Å². The summed E-state index contributed by atoms with van der Waals surface area (Å²) in [7, 11) is 1.61. The van der Waals surface area contributed by atoms with Gasteiger partial charge in [0, 0.05) is 12.0 Å². The van der Waals surface area contributed by atoms with E-state index in [1.54, 1.807) is 7.11 Å². The Morgan fingerprint density at radius 1 is 1.29 bits per heavy atom. The SMILES string of the molecule is COc1ccc(C2=NOC(C=O)(CC=O)C2)cc1OC1CCCC1. The fourth-order valence-electron chi connectivity index (χ4n) is 3.14. The second-order valence-corrected chi connectivity index (χ2v) is 6.25. The first-order valence-corrected chi connectivity index (χ1v) is 8.20. The summed E-state index contributed by atoms with van der Waals surface area (Å²) in [5, 5.41) is 4.01. The third-order valence-electron chi connectivity index (χ3n) is 4.54. The highest BCUT2D eigenvalue weighted by Crippen LogP contribution is 2.35. The smallest absolute Gasteiger partial charge is 0.204 e. The highest BCUT2D eigenvalue weighted by atomic mass is 16.7. The predicted molar refractivity (Wildman–Crippen MR) is 87.6 cm³/mol. The van der Waals surface area contributed by atoms with Gasteiger partial charge in [0.15, 0.2) is 17.8 Å². The molecule has 24 heavy (non-hydrogen) atoms. The Balaban J connectivity index is 1.81. The van der Waals surface area contributed by atoms with Gasteiger partial charge in [-0.15, -0.1) is 0 Å². The molecular formula is C18H21NO5. The second-order valence-electron chi connectivity index (χ2n) is 6.25. The number of nitrogens with zero attached hydrogens (tertiary/aromatic N) is 1. The van der Waals surface area contributed by atoms with Crippen molar-refractivity contribution in [3.05, 3.63) is 23.8 Å². The van der Waals surface area contributed by atoms with E-state index in [2.05, 4.69) is 5.16 Å². The van der Waals surface area contributed by atoms with Crippen LogP contribution in [-0.2, 0) is 14.4 Å². The van der Waals surface area contributed by atoms with E-state index in [1.165, 1.54) is 12.8 Å². The predicted octanol–water partition coefficient (Wildman–Crippen LogP) is 2.67. The number of ether oxygens (including phenoxy) is 2.